The predicted molar refractivity (Wildman–Crippen MR) is 88.5 cm³/mol. The van der Waals surface area contributed by atoms with Crippen LogP contribution in [0.4, 0.5) is 5.69 Å². The lowest BCUT2D eigenvalue weighted by atomic mass is 10.1. The first kappa shape index (κ1) is 16.4. The third-order valence-corrected chi connectivity index (χ3v) is 3.45. The summed E-state index contributed by atoms with van der Waals surface area (Å²) >= 11 is 0. The Morgan fingerprint density at radius 2 is 2.04 bits per heavy atom. The van der Waals surface area contributed by atoms with E-state index in [-0.39, 0.29) is 23.9 Å². The van der Waals surface area contributed by atoms with Gasteiger partial charge in [-0.15, -0.1) is 10.2 Å². The van der Waals surface area contributed by atoms with Gasteiger partial charge in [0.1, 0.15) is 5.75 Å². The SMILES string of the molecule is COc1ccc(OCc2nnc(-c3cccc(C)c3)o2)c([N+](=O)[O-])c1. The number of nitro benzene ring substituents is 1. The number of aromatic nitrogens is 2. The molecule has 0 spiro atoms. The van der Waals surface area contributed by atoms with Gasteiger partial charge in [0.05, 0.1) is 18.1 Å². The molecular formula is C17H15N3O5. The second kappa shape index (κ2) is 7.00. The van der Waals surface area contributed by atoms with E-state index in [1.165, 1.54) is 19.2 Å². The maximum Gasteiger partial charge on any atom is 0.314 e. The first-order chi connectivity index (χ1) is 12.1. The average Bonchev–Trinajstić information content (AvgIpc) is 3.09. The second-order valence-electron chi connectivity index (χ2n) is 5.25. The number of ether oxygens (including phenoxy) is 2. The summed E-state index contributed by atoms with van der Waals surface area (Å²) < 4.78 is 16.0. The molecule has 8 heteroatoms. The van der Waals surface area contributed by atoms with Gasteiger partial charge in [0.2, 0.25) is 5.89 Å². The maximum atomic E-state index is 11.1. The van der Waals surface area contributed by atoms with Crippen molar-refractivity contribution in [1.82, 2.24) is 10.2 Å². The molecule has 128 valence electrons. The van der Waals surface area contributed by atoms with Crippen LogP contribution in [-0.2, 0) is 6.61 Å². The highest BCUT2D eigenvalue weighted by Crippen LogP contribution is 2.31. The second-order valence-corrected chi connectivity index (χ2v) is 5.25. The van der Waals surface area contributed by atoms with Gasteiger partial charge in [0.15, 0.2) is 12.4 Å². The van der Waals surface area contributed by atoms with E-state index < -0.39 is 4.92 Å². The number of nitro groups is 1. The van der Waals surface area contributed by atoms with E-state index in [0.717, 1.165) is 11.1 Å². The fraction of sp³-hybridized carbons (Fsp3) is 0.176. The van der Waals surface area contributed by atoms with Crippen LogP contribution in [0.15, 0.2) is 46.9 Å². The molecule has 0 atom stereocenters. The molecule has 0 amide bonds. The smallest absolute Gasteiger partial charge is 0.314 e. The molecule has 0 aliphatic rings. The lowest BCUT2D eigenvalue weighted by Crippen LogP contribution is -2.00. The molecule has 0 fully saturated rings. The van der Waals surface area contributed by atoms with Gasteiger partial charge in [-0.2, -0.15) is 0 Å². The molecule has 3 rings (SSSR count). The third-order valence-electron chi connectivity index (χ3n) is 3.45. The molecule has 1 heterocycles. The molecule has 0 saturated carbocycles. The van der Waals surface area contributed by atoms with Gasteiger partial charge >= 0.3 is 5.69 Å². The Hall–Kier alpha value is -3.42. The van der Waals surface area contributed by atoms with Crippen LogP contribution in [0.1, 0.15) is 11.5 Å². The van der Waals surface area contributed by atoms with Gasteiger partial charge in [-0.1, -0.05) is 17.7 Å². The number of hydrogen-bond donors (Lipinski definition) is 0. The number of hydrogen-bond acceptors (Lipinski definition) is 7. The van der Waals surface area contributed by atoms with Crippen LogP contribution in [0.3, 0.4) is 0 Å². The molecule has 8 nitrogen and oxygen atoms in total. The topological polar surface area (TPSA) is 101 Å². The van der Waals surface area contributed by atoms with Crippen molar-refractivity contribution in [2.75, 3.05) is 7.11 Å². The standard InChI is InChI=1S/C17H15N3O5/c1-11-4-3-5-12(8-11)17-19-18-16(25-17)10-24-15-7-6-13(23-2)9-14(15)20(21)22/h3-9H,10H2,1-2H3. The van der Waals surface area contributed by atoms with E-state index in [1.54, 1.807) is 6.07 Å². The summed E-state index contributed by atoms with van der Waals surface area (Å²) in [5, 5.41) is 19.0. The Balaban J connectivity index is 1.76. The van der Waals surface area contributed by atoms with Crippen LogP contribution in [0.25, 0.3) is 11.5 Å². The highest BCUT2D eigenvalue weighted by Gasteiger charge is 2.18. The van der Waals surface area contributed by atoms with Crippen molar-refractivity contribution in [3.63, 3.8) is 0 Å². The Labute approximate surface area is 143 Å². The van der Waals surface area contributed by atoms with Crippen LogP contribution >= 0.6 is 0 Å². The van der Waals surface area contributed by atoms with Gasteiger partial charge in [0, 0.05) is 5.56 Å². The number of rotatable bonds is 6. The summed E-state index contributed by atoms with van der Waals surface area (Å²) in [4.78, 5) is 10.6. The van der Waals surface area contributed by atoms with Gasteiger partial charge < -0.3 is 13.9 Å². The van der Waals surface area contributed by atoms with Crippen LogP contribution in [0.2, 0.25) is 0 Å². The Bertz CT molecular complexity index is 907. The van der Waals surface area contributed by atoms with Crippen LogP contribution < -0.4 is 9.47 Å². The predicted octanol–water partition coefficient (Wildman–Crippen LogP) is 3.54. The van der Waals surface area contributed by atoms with Gasteiger partial charge in [-0.25, -0.2) is 0 Å². The molecular weight excluding hydrogens is 326 g/mol. The summed E-state index contributed by atoms with van der Waals surface area (Å²) in [6.07, 6.45) is 0. The summed E-state index contributed by atoms with van der Waals surface area (Å²) in [6.45, 7) is 1.89. The van der Waals surface area contributed by atoms with Gasteiger partial charge in [-0.05, 0) is 31.2 Å². The molecule has 25 heavy (non-hydrogen) atoms. The monoisotopic (exact) mass is 341 g/mol. The lowest BCUT2D eigenvalue weighted by Gasteiger charge is -2.06. The zero-order valence-electron chi connectivity index (χ0n) is 13.6. The van der Waals surface area contributed by atoms with Gasteiger partial charge in [0.25, 0.3) is 5.89 Å². The number of methoxy groups -OCH3 is 1. The van der Waals surface area contributed by atoms with Crippen molar-refractivity contribution in [2.24, 2.45) is 0 Å². The van der Waals surface area contributed by atoms with Crippen molar-refractivity contribution in [2.45, 2.75) is 13.5 Å². The first-order valence-corrected chi connectivity index (χ1v) is 7.41. The maximum absolute atomic E-state index is 11.1. The van der Waals surface area contributed by atoms with Crippen LogP contribution in [-0.4, -0.2) is 22.2 Å². The summed E-state index contributed by atoms with van der Waals surface area (Å²) in [6, 6.07) is 12.0. The minimum absolute atomic E-state index is 0.0774. The number of benzene rings is 2. The first-order valence-electron chi connectivity index (χ1n) is 7.41. The summed E-state index contributed by atoms with van der Waals surface area (Å²) in [5.74, 6) is 1.06. The van der Waals surface area contributed by atoms with E-state index in [4.69, 9.17) is 13.9 Å². The normalized spacial score (nSPS) is 10.5. The minimum atomic E-state index is -0.538. The highest BCUT2D eigenvalue weighted by molar-refractivity contribution is 5.53. The van der Waals surface area contributed by atoms with E-state index in [0.29, 0.717) is 11.6 Å². The molecule has 1 aromatic heterocycles. The van der Waals surface area contributed by atoms with Crippen molar-refractivity contribution in [3.8, 4) is 23.0 Å². The molecule has 0 aliphatic heterocycles. The van der Waals surface area contributed by atoms with Crippen molar-refractivity contribution in [3.05, 3.63) is 64.0 Å². The van der Waals surface area contributed by atoms with Crippen molar-refractivity contribution in [1.29, 1.82) is 0 Å². The fourth-order valence-corrected chi connectivity index (χ4v) is 2.24. The summed E-state index contributed by atoms with van der Waals surface area (Å²) in [7, 11) is 1.44. The van der Waals surface area contributed by atoms with E-state index in [2.05, 4.69) is 10.2 Å². The Morgan fingerprint density at radius 1 is 1.20 bits per heavy atom. The van der Waals surface area contributed by atoms with Crippen molar-refractivity contribution >= 4 is 5.69 Å². The van der Waals surface area contributed by atoms with Crippen molar-refractivity contribution < 1.29 is 18.8 Å². The van der Waals surface area contributed by atoms with Gasteiger partial charge in [-0.3, -0.25) is 10.1 Å². The third kappa shape index (κ3) is 3.74. The zero-order chi connectivity index (χ0) is 17.8. The molecule has 0 unspecified atom stereocenters. The molecule has 0 bridgehead atoms. The van der Waals surface area contributed by atoms with Crippen LogP contribution in [0.5, 0.6) is 11.5 Å². The summed E-state index contributed by atoms with van der Waals surface area (Å²) in [5.41, 5.74) is 1.68. The molecule has 0 N–H and O–H groups in total. The molecule has 3 aromatic rings. The van der Waals surface area contributed by atoms with Crippen LogP contribution in [0, 0.1) is 17.0 Å². The fourth-order valence-electron chi connectivity index (χ4n) is 2.24. The Morgan fingerprint density at radius 3 is 2.76 bits per heavy atom. The highest BCUT2D eigenvalue weighted by atomic mass is 16.6. The quantitative estimate of drug-likeness (QED) is 0.499. The van der Waals surface area contributed by atoms with E-state index >= 15 is 0 Å². The molecule has 0 aliphatic carbocycles. The van der Waals surface area contributed by atoms with E-state index in [1.807, 2.05) is 31.2 Å². The molecule has 0 radical (unpaired) electrons. The minimum Gasteiger partial charge on any atom is -0.496 e. The Kier molecular flexibility index (Phi) is 4.60. The number of aryl methyl sites for hydroxylation is 1. The lowest BCUT2D eigenvalue weighted by molar-refractivity contribution is -0.386. The largest absolute Gasteiger partial charge is 0.496 e. The zero-order valence-corrected chi connectivity index (χ0v) is 13.6. The molecule has 2 aromatic carbocycles. The number of nitrogens with zero attached hydrogens (tertiary/aromatic N) is 3. The van der Waals surface area contributed by atoms with E-state index in [9.17, 15) is 10.1 Å². The average molecular weight is 341 g/mol. The molecule has 0 saturated heterocycles.